The molecule has 2 aromatic rings. The molecule has 0 spiro atoms. The second kappa shape index (κ2) is 8.93. The lowest BCUT2D eigenvalue weighted by Gasteiger charge is -2.12. The van der Waals surface area contributed by atoms with Crippen molar-refractivity contribution in [1.82, 2.24) is 4.90 Å². The van der Waals surface area contributed by atoms with Crippen LogP contribution in [0.3, 0.4) is 0 Å². The molecule has 0 radical (unpaired) electrons. The van der Waals surface area contributed by atoms with Gasteiger partial charge >= 0.3 is 0 Å². The number of hydrogen-bond donors (Lipinski definition) is 0. The molecule has 1 aliphatic rings. The van der Waals surface area contributed by atoms with E-state index in [4.69, 9.17) is 16.3 Å². The third-order valence-electron chi connectivity index (χ3n) is 3.82. The van der Waals surface area contributed by atoms with Gasteiger partial charge in [-0.25, -0.2) is 4.99 Å². The van der Waals surface area contributed by atoms with Gasteiger partial charge in [0.05, 0.1) is 10.6 Å². The van der Waals surface area contributed by atoms with Crippen molar-refractivity contribution in [3.8, 4) is 5.75 Å². The first-order valence-corrected chi connectivity index (χ1v) is 9.70. The summed E-state index contributed by atoms with van der Waals surface area (Å²) in [6, 6.07) is 14.8. The highest BCUT2D eigenvalue weighted by atomic mass is 35.5. The van der Waals surface area contributed by atoms with Crippen LogP contribution in [0.5, 0.6) is 5.75 Å². The second-order valence-electron chi connectivity index (χ2n) is 5.67. The second-order valence-corrected chi connectivity index (χ2v) is 7.11. The van der Waals surface area contributed by atoms with Gasteiger partial charge in [0.1, 0.15) is 12.4 Å². The van der Waals surface area contributed by atoms with Gasteiger partial charge < -0.3 is 4.74 Å². The Labute approximate surface area is 168 Å². The summed E-state index contributed by atoms with van der Waals surface area (Å²) in [6.07, 6.45) is 3.54. The number of hydrogen-bond acceptors (Lipinski definition) is 4. The van der Waals surface area contributed by atoms with Crippen LogP contribution >= 0.6 is 23.4 Å². The Kier molecular flexibility index (Phi) is 6.37. The molecule has 0 aromatic heterocycles. The monoisotopic (exact) mass is 398 g/mol. The standard InChI is InChI=1S/C21H19ClN2O2S/c1-3-13-26-18-8-6-5-7-15(18)14-19-20(25)24(4-2)21(27-19)23-17-11-9-16(22)10-12-17/h3,5-12,14H,1,4,13H2,2H3/b19-14+,23-21?. The molecule has 0 saturated carbocycles. The van der Waals surface area contributed by atoms with Gasteiger partial charge in [-0.1, -0.05) is 42.5 Å². The molecule has 2 aromatic carbocycles. The molecule has 1 amide bonds. The maximum absolute atomic E-state index is 12.8. The summed E-state index contributed by atoms with van der Waals surface area (Å²) in [4.78, 5) is 19.7. The molecule has 4 nitrogen and oxygen atoms in total. The summed E-state index contributed by atoms with van der Waals surface area (Å²) < 4.78 is 5.68. The average molecular weight is 399 g/mol. The number of halogens is 1. The van der Waals surface area contributed by atoms with Crippen LogP contribution in [0.2, 0.25) is 5.02 Å². The van der Waals surface area contributed by atoms with E-state index in [0.717, 1.165) is 11.3 Å². The molecular weight excluding hydrogens is 380 g/mol. The summed E-state index contributed by atoms with van der Waals surface area (Å²) in [5, 5.41) is 1.30. The van der Waals surface area contributed by atoms with Gasteiger partial charge in [-0.15, -0.1) is 0 Å². The lowest BCUT2D eigenvalue weighted by Crippen LogP contribution is -2.28. The third-order valence-corrected chi connectivity index (χ3v) is 5.08. The number of amidine groups is 1. The van der Waals surface area contributed by atoms with E-state index in [9.17, 15) is 4.79 Å². The molecule has 3 rings (SSSR count). The van der Waals surface area contributed by atoms with Crippen molar-refractivity contribution in [3.05, 3.63) is 76.7 Å². The summed E-state index contributed by atoms with van der Waals surface area (Å²) in [7, 11) is 0. The van der Waals surface area contributed by atoms with E-state index >= 15 is 0 Å². The molecule has 1 heterocycles. The number of likely N-dealkylation sites (N-methyl/N-ethyl adjacent to an activating group) is 1. The first-order chi connectivity index (χ1) is 13.1. The Hall–Kier alpha value is -2.50. The zero-order valence-electron chi connectivity index (χ0n) is 14.9. The minimum atomic E-state index is -0.0614. The van der Waals surface area contributed by atoms with E-state index in [2.05, 4.69) is 11.6 Å². The molecule has 6 heteroatoms. The van der Waals surface area contributed by atoms with Crippen LogP contribution in [0.4, 0.5) is 5.69 Å². The molecule has 1 fully saturated rings. The van der Waals surface area contributed by atoms with E-state index in [1.165, 1.54) is 11.8 Å². The fourth-order valence-electron chi connectivity index (χ4n) is 2.52. The molecule has 0 atom stereocenters. The molecular formula is C21H19ClN2O2S. The largest absolute Gasteiger partial charge is 0.489 e. The van der Waals surface area contributed by atoms with Crippen molar-refractivity contribution in [3.63, 3.8) is 0 Å². The van der Waals surface area contributed by atoms with E-state index in [-0.39, 0.29) is 5.91 Å². The molecule has 0 unspecified atom stereocenters. The Bertz CT molecular complexity index is 907. The van der Waals surface area contributed by atoms with Crippen LogP contribution in [-0.2, 0) is 4.79 Å². The summed E-state index contributed by atoms with van der Waals surface area (Å²) in [5.41, 5.74) is 1.60. The van der Waals surface area contributed by atoms with Crippen LogP contribution in [-0.4, -0.2) is 29.1 Å². The van der Waals surface area contributed by atoms with Crippen molar-refractivity contribution in [2.45, 2.75) is 6.92 Å². The first kappa shape index (κ1) is 19.3. The highest BCUT2D eigenvalue weighted by Gasteiger charge is 2.32. The molecule has 0 bridgehead atoms. The highest BCUT2D eigenvalue weighted by Crippen LogP contribution is 2.35. The lowest BCUT2D eigenvalue weighted by molar-refractivity contribution is -0.122. The van der Waals surface area contributed by atoms with Gasteiger partial charge in [-0.05, 0) is 55.1 Å². The van der Waals surface area contributed by atoms with Gasteiger partial charge in [-0.2, -0.15) is 0 Å². The van der Waals surface area contributed by atoms with Gasteiger partial charge in [0, 0.05) is 17.1 Å². The van der Waals surface area contributed by atoms with Gasteiger partial charge in [-0.3, -0.25) is 9.69 Å². The number of para-hydroxylation sites is 1. The van der Waals surface area contributed by atoms with Crippen molar-refractivity contribution in [2.24, 2.45) is 4.99 Å². The predicted octanol–water partition coefficient (Wildman–Crippen LogP) is 5.53. The van der Waals surface area contributed by atoms with Crippen LogP contribution in [0.15, 0.2) is 71.1 Å². The first-order valence-electron chi connectivity index (χ1n) is 8.50. The van der Waals surface area contributed by atoms with Crippen molar-refractivity contribution < 1.29 is 9.53 Å². The number of carbonyl (C=O) groups is 1. The normalized spacial score (nSPS) is 17.0. The summed E-state index contributed by atoms with van der Waals surface area (Å²) >= 11 is 7.28. The third kappa shape index (κ3) is 4.62. The minimum absolute atomic E-state index is 0.0614. The summed E-state index contributed by atoms with van der Waals surface area (Å²) in [5.74, 6) is 0.651. The quantitative estimate of drug-likeness (QED) is 0.474. The van der Waals surface area contributed by atoms with Crippen molar-refractivity contribution in [2.75, 3.05) is 13.2 Å². The number of amides is 1. The number of thioether (sulfide) groups is 1. The lowest BCUT2D eigenvalue weighted by atomic mass is 10.2. The van der Waals surface area contributed by atoms with Crippen molar-refractivity contribution in [1.29, 1.82) is 0 Å². The Morgan fingerprint density at radius 2 is 1.96 bits per heavy atom. The Morgan fingerprint density at radius 3 is 2.67 bits per heavy atom. The molecule has 27 heavy (non-hydrogen) atoms. The van der Waals surface area contributed by atoms with Crippen LogP contribution < -0.4 is 4.74 Å². The van der Waals surface area contributed by atoms with E-state index < -0.39 is 0 Å². The van der Waals surface area contributed by atoms with Crippen LogP contribution in [0, 0.1) is 0 Å². The number of ether oxygens (including phenoxy) is 1. The van der Waals surface area contributed by atoms with Crippen molar-refractivity contribution >= 4 is 46.2 Å². The fourth-order valence-corrected chi connectivity index (χ4v) is 3.70. The van der Waals surface area contributed by atoms with Gasteiger partial charge in [0.25, 0.3) is 5.91 Å². The molecule has 138 valence electrons. The zero-order valence-corrected chi connectivity index (χ0v) is 16.5. The average Bonchev–Trinajstić information content (AvgIpc) is 2.97. The van der Waals surface area contributed by atoms with E-state index in [1.54, 1.807) is 23.1 Å². The summed E-state index contributed by atoms with van der Waals surface area (Å²) in [6.45, 7) is 6.55. The van der Waals surface area contributed by atoms with Crippen LogP contribution in [0.1, 0.15) is 12.5 Å². The number of carbonyl (C=O) groups excluding carboxylic acids is 1. The van der Waals surface area contributed by atoms with E-state index in [0.29, 0.717) is 34.0 Å². The van der Waals surface area contributed by atoms with Gasteiger partial charge in [0.2, 0.25) is 0 Å². The number of benzene rings is 2. The molecule has 0 aliphatic carbocycles. The topological polar surface area (TPSA) is 41.9 Å². The number of aliphatic imine (C=N–C) groups is 1. The number of rotatable bonds is 6. The van der Waals surface area contributed by atoms with Gasteiger partial charge in [0.15, 0.2) is 5.17 Å². The minimum Gasteiger partial charge on any atom is -0.489 e. The fraction of sp³-hybridized carbons (Fsp3) is 0.143. The Balaban J connectivity index is 1.91. The van der Waals surface area contributed by atoms with E-state index in [1.807, 2.05) is 49.4 Å². The molecule has 1 saturated heterocycles. The highest BCUT2D eigenvalue weighted by molar-refractivity contribution is 8.18. The maximum Gasteiger partial charge on any atom is 0.266 e. The number of nitrogens with zero attached hydrogens (tertiary/aromatic N) is 2. The maximum atomic E-state index is 12.8. The molecule has 1 aliphatic heterocycles. The Morgan fingerprint density at radius 1 is 1.22 bits per heavy atom. The SMILES string of the molecule is C=CCOc1ccccc1/C=C1/SC(=Nc2ccc(Cl)cc2)N(CC)C1=O. The smallest absolute Gasteiger partial charge is 0.266 e. The zero-order chi connectivity index (χ0) is 19.2. The van der Waals surface area contributed by atoms with Crippen LogP contribution in [0.25, 0.3) is 6.08 Å². The molecule has 0 N–H and O–H groups in total. The predicted molar refractivity (Wildman–Crippen MR) is 114 cm³/mol.